The summed E-state index contributed by atoms with van der Waals surface area (Å²) < 4.78 is 15.7. The van der Waals surface area contributed by atoms with Crippen LogP contribution in [-0.2, 0) is 9.30 Å². The van der Waals surface area contributed by atoms with Gasteiger partial charge in [-0.2, -0.15) is 0 Å². The Hall–Kier alpha value is -0.560. The minimum Gasteiger partial charge on any atom is -0.456 e. The molecule has 0 radical (unpaired) electrons. The highest BCUT2D eigenvalue weighted by Gasteiger charge is 2.20. The quantitative estimate of drug-likeness (QED) is 0.489. The molecule has 0 saturated carbocycles. The van der Waals surface area contributed by atoms with Crippen molar-refractivity contribution in [2.24, 2.45) is 0 Å². The zero-order chi connectivity index (χ0) is 9.07. The summed E-state index contributed by atoms with van der Waals surface area (Å²) in [6.45, 7) is 8.20. The maximum Gasteiger partial charge on any atom is 0.363 e. The van der Waals surface area contributed by atoms with Gasteiger partial charge in [-0.05, 0) is 25.8 Å². The van der Waals surface area contributed by atoms with E-state index >= 15 is 0 Å². The van der Waals surface area contributed by atoms with Crippen LogP contribution in [0.4, 0.5) is 4.79 Å². The number of carbonyl (C=O) groups is 1. The summed E-state index contributed by atoms with van der Waals surface area (Å²) in [5, 5.41) is 0. The molecule has 0 aliphatic carbocycles. The van der Waals surface area contributed by atoms with Crippen molar-refractivity contribution in [3.8, 4) is 0 Å². The first-order chi connectivity index (χ1) is 4.84. The fraction of sp³-hybridized carbons (Fsp3) is 0.571. The van der Waals surface area contributed by atoms with Crippen molar-refractivity contribution >= 4 is 12.9 Å². The van der Waals surface area contributed by atoms with E-state index in [1.54, 1.807) is 6.92 Å². The van der Waals surface area contributed by atoms with Crippen LogP contribution in [-0.4, -0.2) is 25.6 Å². The molecular formula is C7H13O3P. The molecule has 0 unspecified atom stereocenters. The van der Waals surface area contributed by atoms with Crippen molar-refractivity contribution in [3.05, 3.63) is 12.2 Å². The lowest BCUT2D eigenvalue weighted by Gasteiger charge is -2.06. The van der Waals surface area contributed by atoms with E-state index in [-0.39, 0.29) is 6.61 Å². The predicted molar refractivity (Wildman–Crippen MR) is 45.6 cm³/mol. The van der Waals surface area contributed by atoms with Gasteiger partial charge in [0, 0.05) is 0 Å². The van der Waals surface area contributed by atoms with E-state index in [9.17, 15) is 9.36 Å². The summed E-state index contributed by atoms with van der Waals surface area (Å²) in [4.78, 5) is 10.8. The standard InChI is InChI=1S/C7H13O3P/c1-6(2)5-10-7(8)11(3,4)9/h1,5H2,2-4H3. The summed E-state index contributed by atoms with van der Waals surface area (Å²) in [5.41, 5.74) is 0.118. The highest BCUT2D eigenvalue weighted by atomic mass is 31.2. The van der Waals surface area contributed by atoms with E-state index in [4.69, 9.17) is 0 Å². The van der Waals surface area contributed by atoms with Crippen molar-refractivity contribution in [1.82, 2.24) is 0 Å². The third kappa shape index (κ3) is 4.79. The van der Waals surface area contributed by atoms with Crippen molar-refractivity contribution in [2.45, 2.75) is 6.92 Å². The number of hydrogen-bond donors (Lipinski definition) is 0. The van der Waals surface area contributed by atoms with Crippen molar-refractivity contribution in [2.75, 3.05) is 19.9 Å². The van der Waals surface area contributed by atoms with Gasteiger partial charge in [-0.15, -0.1) is 0 Å². The van der Waals surface area contributed by atoms with Gasteiger partial charge in [0.2, 0.25) is 0 Å². The lowest BCUT2D eigenvalue weighted by molar-refractivity contribution is 0.182. The fourth-order valence-electron chi connectivity index (χ4n) is 0.340. The fourth-order valence-corrected chi connectivity index (χ4v) is 0.716. The first-order valence-corrected chi connectivity index (χ1v) is 5.81. The molecule has 0 saturated heterocycles. The van der Waals surface area contributed by atoms with Gasteiger partial charge in [0.15, 0.2) is 7.14 Å². The number of carbonyl (C=O) groups excluding carboxylic acids is 1. The molecule has 0 fully saturated rings. The second kappa shape index (κ2) is 3.72. The van der Waals surface area contributed by atoms with E-state index in [2.05, 4.69) is 11.3 Å². The Morgan fingerprint density at radius 1 is 1.55 bits per heavy atom. The molecule has 0 aliphatic rings. The molecule has 0 rings (SSSR count). The molecule has 0 N–H and O–H groups in total. The maximum atomic E-state index is 11.0. The van der Waals surface area contributed by atoms with E-state index in [1.165, 1.54) is 13.3 Å². The molecular weight excluding hydrogens is 163 g/mol. The number of hydrogen-bond acceptors (Lipinski definition) is 3. The first-order valence-electron chi connectivity index (χ1n) is 3.20. The minimum absolute atomic E-state index is 0.157. The van der Waals surface area contributed by atoms with Crippen LogP contribution in [0.5, 0.6) is 0 Å². The zero-order valence-electron chi connectivity index (χ0n) is 7.09. The van der Waals surface area contributed by atoms with Crippen LogP contribution in [0.3, 0.4) is 0 Å². The molecule has 0 aromatic carbocycles. The molecule has 0 atom stereocenters. The highest BCUT2D eigenvalue weighted by Crippen LogP contribution is 2.38. The molecule has 0 aromatic rings. The van der Waals surface area contributed by atoms with Gasteiger partial charge in [0.05, 0.1) is 0 Å². The number of ether oxygens (including phenoxy) is 1. The van der Waals surface area contributed by atoms with Gasteiger partial charge in [0.25, 0.3) is 0 Å². The SMILES string of the molecule is C=C(C)COC(=O)P(C)(C)=O. The third-order valence-electron chi connectivity index (χ3n) is 0.882. The number of rotatable bonds is 3. The van der Waals surface area contributed by atoms with E-state index < -0.39 is 12.9 Å². The maximum absolute atomic E-state index is 11.0. The van der Waals surface area contributed by atoms with Crippen molar-refractivity contribution in [1.29, 1.82) is 0 Å². The average Bonchev–Trinajstić information content (AvgIpc) is 1.80. The summed E-state index contributed by atoms with van der Waals surface area (Å²) in [6, 6.07) is 0. The Morgan fingerprint density at radius 2 is 2.00 bits per heavy atom. The molecule has 0 amide bonds. The van der Waals surface area contributed by atoms with Crippen LogP contribution in [0.2, 0.25) is 0 Å². The normalized spacial score (nSPS) is 10.8. The van der Waals surface area contributed by atoms with Crippen molar-refractivity contribution < 1.29 is 14.1 Å². The van der Waals surface area contributed by atoms with Crippen LogP contribution in [0, 0.1) is 0 Å². The lowest BCUT2D eigenvalue weighted by atomic mass is 10.4. The van der Waals surface area contributed by atoms with Gasteiger partial charge >= 0.3 is 5.71 Å². The van der Waals surface area contributed by atoms with Crippen LogP contribution in [0.1, 0.15) is 6.92 Å². The van der Waals surface area contributed by atoms with Crippen LogP contribution in [0.15, 0.2) is 12.2 Å². The topological polar surface area (TPSA) is 43.4 Å². The first kappa shape index (κ1) is 10.4. The van der Waals surface area contributed by atoms with E-state index in [0.717, 1.165) is 5.57 Å². The van der Waals surface area contributed by atoms with Crippen LogP contribution in [0.25, 0.3) is 0 Å². The molecule has 3 nitrogen and oxygen atoms in total. The van der Waals surface area contributed by atoms with Crippen LogP contribution >= 0.6 is 7.14 Å². The Balaban J connectivity index is 3.91. The molecule has 0 bridgehead atoms. The third-order valence-corrected chi connectivity index (χ3v) is 1.89. The van der Waals surface area contributed by atoms with Gasteiger partial charge < -0.3 is 9.30 Å². The van der Waals surface area contributed by atoms with E-state index in [1.807, 2.05) is 0 Å². The second-order valence-corrected chi connectivity index (χ2v) is 5.93. The summed E-state index contributed by atoms with van der Waals surface area (Å²) in [6.07, 6.45) is 0. The van der Waals surface area contributed by atoms with Gasteiger partial charge in [-0.3, -0.25) is 0 Å². The predicted octanol–water partition coefficient (Wildman–Crippen LogP) is 2.32. The van der Waals surface area contributed by atoms with Crippen LogP contribution < -0.4 is 0 Å². The zero-order valence-corrected chi connectivity index (χ0v) is 7.98. The van der Waals surface area contributed by atoms with Gasteiger partial charge in [-0.1, -0.05) is 6.58 Å². The molecule has 11 heavy (non-hydrogen) atoms. The van der Waals surface area contributed by atoms with Gasteiger partial charge in [-0.25, -0.2) is 4.79 Å². The molecule has 64 valence electrons. The molecule has 0 aromatic heterocycles. The monoisotopic (exact) mass is 176 g/mol. The Morgan fingerprint density at radius 3 is 2.27 bits per heavy atom. The molecule has 4 heteroatoms. The smallest absolute Gasteiger partial charge is 0.363 e. The Bertz CT molecular complexity index is 214. The highest BCUT2D eigenvalue weighted by molar-refractivity contribution is 7.78. The molecule has 0 heterocycles. The second-order valence-electron chi connectivity index (χ2n) is 2.86. The lowest BCUT2D eigenvalue weighted by Crippen LogP contribution is -2.03. The van der Waals surface area contributed by atoms with Gasteiger partial charge in [0.1, 0.15) is 6.61 Å². The largest absolute Gasteiger partial charge is 0.456 e. The summed E-state index contributed by atoms with van der Waals surface area (Å²) in [5.74, 6) is 0. The van der Waals surface area contributed by atoms with Crippen molar-refractivity contribution in [3.63, 3.8) is 0 Å². The summed E-state index contributed by atoms with van der Waals surface area (Å²) in [7, 11) is -2.72. The Kier molecular flexibility index (Phi) is 3.53. The minimum atomic E-state index is -2.72. The van der Waals surface area contributed by atoms with E-state index in [0.29, 0.717) is 0 Å². The molecule has 0 spiro atoms. The summed E-state index contributed by atoms with van der Waals surface area (Å²) >= 11 is 0. The molecule has 0 aliphatic heterocycles. The average molecular weight is 176 g/mol. The Labute approximate surface area is 66.8 Å².